The van der Waals surface area contributed by atoms with E-state index in [0.29, 0.717) is 13.1 Å². The van der Waals surface area contributed by atoms with E-state index >= 15 is 0 Å². The fraction of sp³-hybridized carbons (Fsp3) is 0.875. The molecule has 2 saturated heterocycles. The first-order valence-corrected chi connectivity index (χ1v) is 4.70. The number of hydrogen-bond donors (Lipinski definition) is 1. The topological polar surface area (TPSA) is 58.8 Å². The minimum Gasteiger partial charge on any atom is -0.376 e. The first-order valence-electron chi connectivity index (χ1n) is 4.70. The summed E-state index contributed by atoms with van der Waals surface area (Å²) in [6.07, 6.45) is 2.41. The molecule has 2 rings (SSSR count). The molecule has 5 heteroatoms. The number of carbonyl (C=O) groups excluding carboxylic acids is 1. The number of hydrazine groups is 1. The predicted octanol–water partition coefficient (Wildman–Crippen LogP) is -0.223. The molecule has 0 aromatic heterocycles. The third-order valence-electron chi connectivity index (χ3n) is 2.58. The molecule has 0 aromatic rings. The van der Waals surface area contributed by atoms with Gasteiger partial charge in [-0.2, -0.15) is 0 Å². The van der Waals surface area contributed by atoms with Crippen LogP contribution in [0.2, 0.25) is 0 Å². The van der Waals surface area contributed by atoms with Crippen molar-refractivity contribution in [2.45, 2.75) is 18.9 Å². The Morgan fingerprint density at radius 2 is 2.38 bits per heavy atom. The Kier molecular flexibility index (Phi) is 2.37. The lowest BCUT2D eigenvalue weighted by atomic mass is 10.2. The van der Waals surface area contributed by atoms with Crippen LogP contribution in [0.5, 0.6) is 0 Å². The van der Waals surface area contributed by atoms with E-state index in [9.17, 15) is 4.79 Å². The largest absolute Gasteiger partial charge is 0.376 e. The lowest BCUT2D eigenvalue weighted by Crippen LogP contribution is -2.39. The summed E-state index contributed by atoms with van der Waals surface area (Å²) in [5, 5.41) is 1.26. The first kappa shape index (κ1) is 8.77. The van der Waals surface area contributed by atoms with Gasteiger partial charge < -0.3 is 9.64 Å². The van der Waals surface area contributed by atoms with Crippen molar-refractivity contribution < 1.29 is 9.53 Å². The fourth-order valence-electron chi connectivity index (χ4n) is 1.80. The molecule has 0 aromatic carbocycles. The van der Waals surface area contributed by atoms with Crippen LogP contribution in [-0.2, 0) is 4.74 Å². The van der Waals surface area contributed by atoms with Gasteiger partial charge in [-0.3, -0.25) is 5.01 Å². The molecular formula is C8H15N3O2. The summed E-state index contributed by atoms with van der Waals surface area (Å²) in [6.45, 7) is 2.90. The molecule has 74 valence electrons. The molecule has 0 aliphatic carbocycles. The minimum absolute atomic E-state index is 0.0736. The van der Waals surface area contributed by atoms with E-state index in [0.717, 1.165) is 26.0 Å². The highest BCUT2D eigenvalue weighted by atomic mass is 16.5. The van der Waals surface area contributed by atoms with Gasteiger partial charge in [0.2, 0.25) is 0 Å². The van der Waals surface area contributed by atoms with Crippen molar-refractivity contribution in [1.29, 1.82) is 0 Å². The van der Waals surface area contributed by atoms with Crippen molar-refractivity contribution in [3.63, 3.8) is 0 Å². The normalized spacial score (nSPS) is 29.0. The second-order valence-corrected chi connectivity index (χ2v) is 3.56. The van der Waals surface area contributed by atoms with Crippen molar-refractivity contribution in [2.24, 2.45) is 5.84 Å². The number of amides is 2. The number of urea groups is 1. The molecule has 1 unspecified atom stereocenters. The molecule has 0 spiro atoms. The van der Waals surface area contributed by atoms with Crippen LogP contribution in [0.4, 0.5) is 4.79 Å². The summed E-state index contributed by atoms with van der Waals surface area (Å²) in [5.41, 5.74) is 0. The van der Waals surface area contributed by atoms with Crippen molar-refractivity contribution in [2.75, 3.05) is 26.2 Å². The Balaban J connectivity index is 1.84. The van der Waals surface area contributed by atoms with E-state index in [4.69, 9.17) is 10.6 Å². The summed E-state index contributed by atoms with van der Waals surface area (Å²) in [7, 11) is 0. The maximum atomic E-state index is 11.4. The van der Waals surface area contributed by atoms with E-state index in [1.807, 2.05) is 0 Å². The Hall–Kier alpha value is -0.810. The zero-order chi connectivity index (χ0) is 9.26. The van der Waals surface area contributed by atoms with Crippen LogP contribution in [0.1, 0.15) is 12.8 Å². The van der Waals surface area contributed by atoms with Crippen LogP contribution in [0.3, 0.4) is 0 Å². The number of rotatable bonds is 2. The lowest BCUT2D eigenvalue weighted by Gasteiger charge is -2.19. The van der Waals surface area contributed by atoms with E-state index in [1.165, 1.54) is 5.01 Å². The fourth-order valence-corrected chi connectivity index (χ4v) is 1.80. The molecule has 2 amide bonds. The third-order valence-corrected chi connectivity index (χ3v) is 2.58. The molecule has 2 fully saturated rings. The molecule has 5 nitrogen and oxygen atoms in total. The van der Waals surface area contributed by atoms with Gasteiger partial charge in [0.25, 0.3) is 0 Å². The van der Waals surface area contributed by atoms with E-state index < -0.39 is 0 Å². The highest BCUT2D eigenvalue weighted by Crippen LogP contribution is 2.15. The molecule has 0 saturated carbocycles. The van der Waals surface area contributed by atoms with E-state index in [2.05, 4.69) is 0 Å². The summed E-state index contributed by atoms with van der Waals surface area (Å²) in [6, 6.07) is -0.0736. The molecular weight excluding hydrogens is 170 g/mol. The van der Waals surface area contributed by atoms with Crippen LogP contribution in [0.25, 0.3) is 0 Å². The van der Waals surface area contributed by atoms with Gasteiger partial charge >= 0.3 is 6.03 Å². The maximum Gasteiger partial charge on any atom is 0.334 e. The molecule has 2 heterocycles. The standard InChI is InChI=1S/C8H15N3O2/c9-11-4-3-10(8(11)12)6-7-2-1-5-13-7/h7H,1-6,9H2. The number of nitrogens with zero attached hydrogens (tertiary/aromatic N) is 2. The second-order valence-electron chi connectivity index (χ2n) is 3.56. The average Bonchev–Trinajstić information content (AvgIpc) is 2.71. The maximum absolute atomic E-state index is 11.4. The van der Waals surface area contributed by atoms with Gasteiger partial charge in [-0.05, 0) is 12.8 Å². The van der Waals surface area contributed by atoms with Crippen molar-refractivity contribution >= 4 is 6.03 Å². The molecule has 2 aliphatic heterocycles. The summed E-state index contributed by atoms with van der Waals surface area (Å²) >= 11 is 0. The monoisotopic (exact) mass is 185 g/mol. The quantitative estimate of drug-likeness (QED) is 0.478. The van der Waals surface area contributed by atoms with Crippen molar-refractivity contribution in [1.82, 2.24) is 9.91 Å². The number of nitrogens with two attached hydrogens (primary N) is 1. The van der Waals surface area contributed by atoms with E-state index in [-0.39, 0.29) is 12.1 Å². The first-order chi connectivity index (χ1) is 6.27. The van der Waals surface area contributed by atoms with Crippen molar-refractivity contribution in [3.05, 3.63) is 0 Å². The van der Waals surface area contributed by atoms with Gasteiger partial charge in [0, 0.05) is 19.7 Å². The van der Waals surface area contributed by atoms with Gasteiger partial charge in [0.1, 0.15) is 0 Å². The molecule has 2 aliphatic rings. The average molecular weight is 185 g/mol. The zero-order valence-corrected chi connectivity index (χ0v) is 7.61. The third kappa shape index (κ3) is 1.76. The second kappa shape index (κ2) is 3.51. The number of hydrogen-bond acceptors (Lipinski definition) is 3. The molecule has 0 bridgehead atoms. The lowest BCUT2D eigenvalue weighted by molar-refractivity contribution is 0.0857. The van der Waals surface area contributed by atoms with E-state index in [1.54, 1.807) is 4.90 Å². The van der Waals surface area contributed by atoms with Crippen LogP contribution < -0.4 is 5.84 Å². The molecule has 1 atom stereocenters. The summed E-state index contributed by atoms with van der Waals surface area (Å²) < 4.78 is 5.45. The Bertz CT molecular complexity index is 204. The van der Waals surface area contributed by atoms with Gasteiger partial charge in [-0.25, -0.2) is 10.6 Å². The highest BCUT2D eigenvalue weighted by Gasteiger charge is 2.29. The predicted molar refractivity (Wildman–Crippen MR) is 46.8 cm³/mol. The Morgan fingerprint density at radius 3 is 2.92 bits per heavy atom. The van der Waals surface area contributed by atoms with Crippen LogP contribution in [0, 0.1) is 0 Å². The van der Waals surface area contributed by atoms with Crippen LogP contribution >= 0.6 is 0 Å². The Morgan fingerprint density at radius 1 is 1.54 bits per heavy atom. The van der Waals surface area contributed by atoms with Crippen LogP contribution in [0.15, 0.2) is 0 Å². The molecule has 13 heavy (non-hydrogen) atoms. The van der Waals surface area contributed by atoms with Crippen LogP contribution in [-0.4, -0.2) is 48.3 Å². The van der Waals surface area contributed by atoms with Gasteiger partial charge in [0.05, 0.1) is 12.6 Å². The molecule has 0 radical (unpaired) electrons. The van der Waals surface area contributed by atoms with Gasteiger partial charge in [0.15, 0.2) is 0 Å². The summed E-state index contributed by atoms with van der Waals surface area (Å²) in [4.78, 5) is 13.1. The van der Waals surface area contributed by atoms with Gasteiger partial charge in [-0.1, -0.05) is 0 Å². The minimum atomic E-state index is -0.0736. The highest BCUT2D eigenvalue weighted by molar-refractivity contribution is 5.75. The zero-order valence-electron chi connectivity index (χ0n) is 7.61. The SMILES string of the molecule is NN1CCN(CC2CCCO2)C1=O. The Labute approximate surface area is 77.4 Å². The number of ether oxygens (including phenoxy) is 1. The van der Waals surface area contributed by atoms with Gasteiger partial charge in [-0.15, -0.1) is 0 Å². The van der Waals surface area contributed by atoms with Crippen molar-refractivity contribution in [3.8, 4) is 0 Å². The number of carbonyl (C=O) groups is 1. The smallest absolute Gasteiger partial charge is 0.334 e. The molecule has 2 N–H and O–H groups in total. The summed E-state index contributed by atoms with van der Waals surface area (Å²) in [5.74, 6) is 5.44.